The average molecular weight is 388 g/mol. The Balaban J connectivity index is 2.95. The number of hydrogen-bond donors (Lipinski definition) is 1. The van der Waals surface area contributed by atoms with Crippen LogP contribution < -0.4 is 5.73 Å². The summed E-state index contributed by atoms with van der Waals surface area (Å²) < 4.78 is 5.43. The summed E-state index contributed by atoms with van der Waals surface area (Å²) >= 11 is 0. The Kier molecular flexibility index (Phi) is 25.7. The standard InChI is InChI=1S/C23H49NO3/c1-2-3-4-5-6-7-8-9-10-11-12-13-14-15-22-26-27-23-17-16-20-25-21-18-19-24/h2-24H2,1H3. The molecule has 0 atom stereocenters. The highest BCUT2D eigenvalue weighted by molar-refractivity contribution is 4.49. The molecule has 0 aromatic rings. The monoisotopic (exact) mass is 387 g/mol. The first-order chi connectivity index (χ1) is 13.4. The molecule has 4 nitrogen and oxygen atoms in total. The number of unbranched alkanes of at least 4 members (excludes halogenated alkanes) is 14. The molecule has 0 unspecified atom stereocenters. The van der Waals surface area contributed by atoms with E-state index in [0.717, 1.165) is 45.5 Å². The van der Waals surface area contributed by atoms with E-state index in [-0.39, 0.29) is 0 Å². The SMILES string of the molecule is CCCCCCCCCCCCCCCCOOCCCCOCCCN. The lowest BCUT2D eigenvalue weighted by atomic mass is 10.0. The van der Waals surface area contributed by atoms with Crippen molar-refractivity contribution >= 4 is 0 Å². The molecular formula is C23H49NO3. The summed E-state index contributed by atoms with van der Waals surface area (Å²) in [6, 6.07) is 0. The predicted molar refractivity (Wildman–Crippen MR) is 116 cm³/mol. The van der Waals surface area contributed by atoms with Crippen molar-refractivity contribution in [1.29, 1.82) is 0 Å². The molecule has 0 heterocycles. The molecule has 0 bridgehead atoms. The van der Waals surface area contributed by atoms with E-state index in [1.165, 1.54) is 83.5 Å². The lowest BCUT2D eigenvalue weighted by Crippen LogP contribution is -2.06. The van der Waals surface area contributed by atoms with Gasteiger partial charge in [-0.05, 0) is 32.2 Å². The number of ether oxygens (including phenoxy) is 1. The average Bonchev–Trinajstić information content (AvgIpc) is 2.68. The van der Waals surface area contributed by atoms with Crippen LogP contribution in [0.25, 0.3) is 0 Å². The summed E-state index contributed by atoms with van der Waals surface area (Å²) in [5.41, 5.74) is 5.40. The summed E-state index contributed by atoms with van der Waals surface area (Å²) in [6.07, 6.45) is 22.3. The molecule has 0 aliphatic heterocycles. The fourth-order valence-corrected chi connectivity index (χ4v) is 3.13. The van der Waals surface area contributed by atoms with Crippen LogP contribution in [0.2, 0.25) is 0 Å². The maximum Gasteiger partial charge on any atom is 0.0823 e. The molecular weight excluding hydrogens is 338 g/mol. The van der Waals surface area contributed by atoms with Crippen molar-refractivity contribution in [1.82, 2.24) is 0 Å². The Bertz CT molecular complexity index is 228. The minimum absolute atomic E-state index is 0.666. The van der Waals surface area contributed by atoms with Crippen molar-refractivity contribution in [3.63, 3.8) is 0 Å². The lowest BCUT2D eigenvalue weighted by molar-refractivity contribution is -0.295. The molecule has 0 rings (SSSR count). The summed E-state index contributed by atoms with van der Waals surface area (Å²) in [5.74, 6) is 0. The number of hydrogen-bond acceptors (Lipinski definition) is 4. The van der Waals surface area contributed by atoms with Crippen LogP contribution in [0.4, 0.5) is 0 Å². The Morgan fingerprint density at radius 3 is 1.30 bits per heavy atom. The van der Waals surface area contributed by atoms with Gasteiger partial charge in [-0.25, -0.2) is 9.78 Å². The molecule has 164 valence electrons. The first-order valence-electron chi connectivity index (χ1n) is 11.9. The summed E-state index contributed by atoms with van der Waals surface area (Å²) in [7, 11) is 0. The Labute approximate surface area is 169 Å². The van der Waals surface area contributed by atoms with Gasteiger partial charge in [-0.3, -0.25) is 0 Å². The van der Waals surface area contributed by atoms with Crippen molar-refractivity contribution in [2.75, 3.05) is 33.0 Å². The molecule has 0 amide bonds. The predicted octanol–water partition coefficient (Wildman–Crippen LogP) is 6.56. The van der Waals surface area contributed by atoms with Gasteiger partial charge in [-0.1, -0.05) is 90.4 Å². The largest absolute Gasteiger partial charge is 0.381 e. The smallest absolute Gasteiger partial charge is 0.0823 e. The lowest BCUT2D eigenvalue weighted by Gasteiger charge is -2.05. The van der Waals surface area contributed by atoms with Gasteiger partial charge in [-0.15, -0.1) is 0 Å². The van der Waals surface area contributed by atoms with Crippen molar-refractivity contribution in [3.8, 4) is 0 Å². The molecule has 0 radical (unpaired) electrons. The highest BCUT2D eigenvalue weighted by Gasteiger charge is 1.95. The van der Waals surface area contributed by atoms with E-state index >= 15 is 0 Å². The van der Waals surface area contributed by atoms with Crippen molar-refractivity contribution < 1.29 is 14.5 Å². The van der Waals surface area contributed by atoms with Crippen LogP contribution in [0.15, 0.2) is 0 Å². The molecule has 27 heavy (non-hydrogen) atoms. The maximum atomic E-state index is 5.43. The highest BCUT2D eigenvalue weighted by atomic mass is 17.2. The first kappa shape index (κ1) is 26.8. The molecule has 0 spiro atoms. The van der Waals surface area contributed by atoms with E-state index in [2.05, 4.69) is 6.92 Å². The quantitative estimate of drug-likeness (QED) is 0.116. The molecule has 0 aromatic heterocycles. The van der Waals surface area contributed by atoms with Gasteiger partial charge >= 0.3 is 0 Å². The zero-order valence-electron chi connectivity index (χ0n) is 18.4. The fourth-order valence-electron chi connectivity index (χ4n) is 3.13. The first-order valence-corrected chi connectivity index (χ1v) is 11.9. The van der Waals surface area contributed by atoms with Crippen LogP contribution in [0.1, 0.15) is 116 Å². The van der Waals surface area contributed by atoms with Gasteiger partial charge in [0.05, 0.1) is 13.2 Å². The molecule has 4 heteroatoms. The van der Waals surface area contributed by atoms with E-state index in [9.17, 15) is 0 Å². The van der Waals surface area contributed by atoms with Gasteiger partial charge in [-0.2, -0.15) is 0 Å². The minimum atomic E-state index is 0.666. The minimum Gasteiger partial charge on any atom is -0.381 e. The van der Waals surface area contributed by atoms with Gasteiger partial charge in [0, 0.05) is 13.2 Å². The highest BCUT2D eigenvalue weighted by Crippen LogP contribution is 2.12. The number of rotatable bonds is 24. The second-order valence-corrected chi connectivity index (χ2v) is 7.70. The van der Waals surface area contributed by atoms with Gasteiger partial charge in [0.15, 0.2) is 0 Å². The van der Waals surface area contributed by atoms with E-state index in [0.29, 0.717) is 13.2 Å². The van der Waals surface area contributed by atoms with E-state index in [4.69, 9.17) is 20.2 Å². The maximum absolute atomic E-state index is 5.43. The Morgan fingerprint density at radius 2 is 0.815 bits per heavy atom. The third kappa shape index (κ3) is 25.8. The van der Waals surface area contributed by atoms with Crippen molar-refractivity contribution in [2.24, 2.45) is 5.73 Å². The van der Waals surface area contributed by atoms with Crippen LogP contribution >= 0.6 is 0 Å². The normalized spacial score (nSPS) is 11.3. The Hall–Kier alpha value is -0.160. The van der Waals surface area contributed by atoms with Gasteiger partial charge in [0.1, 0.15) is 0 Å². The summed E-state index contributed by atoms with van der Waals surface area (Å²) in [4.78, 5) is 10.4. The summed E-state index contributed by atoms with van der Waals surface area (Å²) in [6.45, 7) is 5.95. The topological polar surface area (TPSA) is 53.7 Å². The van der Waals surface area contributed by atoms with Gasteiger partial charge < -0.3 is 10.5 Å². The number of nitrogens with two attached hydrogens (primary N) is 1. The van der Waals surface area contributed by atoms with Gasteiger partial charge in [0.25, 0.3) is 0 Å². The zero-order chi connectivity index (χ0) is 19.7. The van der Waals surface area contributed by atoms with Crippen LogP contribution in [-0.2, 0) is 14.5 Å². The van der Waals surface area contributed by atoms with E-state index in [1.54, 1.807) is 0 Å². The fraction of sp³-hybridized carbons (Fsp3) is 1.00. The third-order valence-electron chi connectivity index (χ3n) is 4.92. The second-order valence-electron chi connectivity index (χ2n) is 7.70. The Morgan fingerprint density at radius 1 is 0.444 bits per heavy atom. The van der Waals surface area contributed by atoms with Crippen molar-refractivity contribution in [3.05, 3.63) is 0 Å². The molecule has 2 N–H and O–H groups in total. The zero-order valence-corrected chi connectivity index (χ0v) is 18.4. The van der Waals surface area contributed by atoms with Crippen LogP contribution in [0.3, 0.4) is 0 Å². The second kappa shape index (κ2) is 25.8. The van der Waals surface area contributed by atoms with Crippen LogP contribution in [0, 0.1) is 0 Å². The van der Waals surface area contributed by atoms with E-state index in [1.807, 2.05) is 0 Å². The summed E-state index contributed by atoms with van der Waals surface area (Å²) in [5, 5.41) is 0. The third-order valence-corrected chi connectivity index (χ3v) is 4.92. The molecule has 0 aliphatic rings. The molecule has 0 saturated carbocycles. The molecule has 0 aromatic carbocycles. The van der Waals surface area contributed by atoms with Crippen LogP contribution in [-0.4, -0.2) is 33.0 Å². The molecule has 0 aliphatic carbocycles. The molecule has 0 fully saturated rings. The van der Waals surface area contributed by atoms with Crippen LogP contribution in [0.5, 0.6) is 0 Å². The van der Waals surface area contributed by atoms with E-state index < -0.39 is 0 Å². The van der Waals surface area contributed by atoms with Crippen molar-refractivity contribution in [2.45, 2.75) is 116 Å². The molecule has 0 saturated heterocycles. The van der Waals surface area contributed by atoms with Gasteiger partial charge in [0.2, 0.25) is 0 Å².